The monoisotopic (exact) mass is 324 g/mol. The summed E-state index contributed by atoms with van der Waals surface area (Å²) in [6.07, 6.45) is 4.07. The molecule has 0 amide bonds. The van der Waals surface area contributed by atoms with Gasteiger partial charge in [0.25, 0.3) is 0 Å². The maximum atomic E-state index is 5.86. The molecule has 21 heavy (non-hydrogen) atoms. The van der Waals surface area contributed by atoms with E-state index in [1.165, 1.54) is 12.8 Å². The van der Waals surface area contributed by atoms with Gasteiger partial charge in [-0.05, 0) is 49.7 Å². The Balaban J connectivity index is 0.00000161. The van der Waals surface area contributed by atoms with Crippen LogP contribution < -0.4 is 10.6 Å². The zero-order valence-electron chi connectivity index (χ0n) is 11.6. The van der Waals surface area contributed by atoms with E-state index >= 15 is 0 Å². The van der Waals surface area contributed by atoms with Crippen molar-refractivity contribution in [3.63, 3.8) is 0 Å². The summed E-state index contributed by atoms with van der Waals surface area (Å²) in [6.45, 7) is 2.19. The molecule has 3 rings (SSSR count). The molecule has 6 heteroatoms. The van der Waals surface area contributed by atoms with Crippen LogP contribution in [0, 0.1) is 0 Å². The molecule has 1 aromatic heterocycles. The minimum Gasteiger partial charge on any atom is -0.382 e. The number of nitrogens with one attached hydrogen (secondary N) is 2. The summed E-state index contributed by atoms with van der Waals surface area (Å²) >= 11 is 5.86. The van der Waals surface area contributed by atoms with Gasteiger partial charge in [0.15, 0.2) is 5.15 Å². The fourth-order valence-electron chi connectivity index (χ4n) is 2.46. The Morgan fingerprint density at radius 1 is 1.10 bits per heavy atom. The first-order valence-electron chi connectivity index (χ1n) is 6.87. The molecule has 1 fully saturated rings. The molecule has 2 heterocycles. The Morgan fingerprint density at radius 3 is 2.48 bits per heavy atom. The number of aromatic nitrogens is 2. The maximum Gasteiger partial charge on any atom is 0.152 e. The van der Waals surface area contributed by atoms with Crippen molar-refractivity contribution < 1.29 is 0 Å². The number of anilines is 1. The number of rotatable bonds is 3. The van der Waals surface area contributed by atoms with Crippen molar-refractivity contribution in [1.82, 2.24) is 15.5 Å². The van der Waals surface area contributed by atoms with Crippen LogP contribution in [-0.2, 0) is 0 Å². The van der Waals surface area contributed by atoms with Gasteiger partial charge in [-0.15, -0.1) is 17.5 Å². The lowest BCUT2D eigenvalue weighted by Crippen LogP contribution is -2.35. The quantitative estimate of drug-likeness (QED) is 0.908. The van der Waals surface area contributed by atoms with Gasteiger partial charge in [0, 0.05) is 17.3 Å². The number of benzene rings is 1. The molecule has 0 radical (unpaired) electrons. The van der Waals surface area contributed by atoms with E-state index < -0.39 is 0 Å². The highest BCUT2D eigenvalue weighted by Gasteiger charge is 2.12. The molecule has 1 aliphatic rings. The number of nitrogens with zero attached hydrogens (tertiary/aromatic N) is 2. The van der Waals surface area contributed by atoms with Crippen LogP contribution in [0.5, 0.6) is 0 Å². The van der Waals surface area contributed by atoms with Crippen LogP contribution >= 0.6 is 24.0 Å². The molecule has 0 aliphatic carbocycles. The highest BCUT2D eigenvalue weighted by Crippen LogP contribution is 2.23. The van der Waals surface area contributed by atoms with Gasteiger partial charge in [-0.3, -0.25) is 0 Å². The topological polar surface area (TPSA) is 49.8 Å². The molecule has 4 nitrogen and oxygen atoms in total. The summed E-state index contributed by atoms with van der Waals surface area (Å²) in [4.78, 5) is 0. The van der Waals surface area contributed by atoms with E-state index in [-0.39, 0.29) is 12.4 Å². The molecule has 2 N–H and O–H groups in total. The SMILES string of the molecule is Cl.Clc1cc(-c2ccc(NC3CCNCC3)cc2)cnn1. The van der Waals surface area contributed by atoms with E-state index in [4.69, 9.17) is 11.6 Å². The van der Waals surface area contributed by atoms with Crippen LogP contribution in [0.2, 0.25) is 5.15 Å². The van der Waals surface area contributed by atoms with Crippen LogP contribution in [0.3, 0.4) is 0 Å². The van der Waals surface area contributed by atoms with Crippen molar-refractivity contribution in [2.75, 3.05) is 18.4 Å². The van der Waals surface area contributed by atoms with E-state index in [2.05, 4.69) is 45.1 Å². The fourth-order valence-corrected chi connectivity index (χ4v) is 2.62. The van der Waals surface area contributed by atoms with E-state index in [0.29, 0.717) is 11.2 Å². The largest absolute Gasteiger partial charge is 0.382 e. The highest BCUT2D eigenvalue weighted by molar-refractivity contribution is 6.29. The van der Waals surface area contributed by atoms with Crippen LogP contribution in [0.1, 0.15) is 12.8 Å². The molecule has 1 aliphatic heterocycles. The summed E-state index contributed by atoms with van der Waals surface area (Å²) in [7, 11) is 0. The van der Waals surface area contributed by atoms with Gasteiger partial charge in [0.05, 0.1) is 6.20 Å². The molecule has 0 unspecified atom stereocenters. The highest BCUT2D eigenvalue weighted by atomic mass is 35.5. The van der Waals surface area contributed by atoms with Crippen LogP contribution in [-0.4, -0.2) is 29.3 Å². The first-order chi connectivity index (χ1) is 9.81. The fraction of sp³-hybridized carbons (Fsp3) is 0.333. The summed E-state index contributed by atoms with van der Waals surface area (Å²) in [5.74, 6) is 0. The molecule has 0 bridgehead atoms. The molecule has 1 aromatic carbocycles. The van der Waals surface area contributed by atoms with Crippen molar-refractivity contribution in [2.45, 2.75) is 18.9 Å². The Bertz CT molecular complexity index is 568. The summed E-state index contributed by atoms with van der Waals surface area (Å²) in [5.41, 5.74) is 3.24. The van der Waals surface area contributed by atoms with E-state index in [1.54, 1.807) is 6.20 Å². The predicted molar refractivity (Wildman–Crippen MR) is 89.2 cm³/mol. The van der Waals surface area contributed by atoms with E-state index in [9.17, 15) is 0 Å². The summed E-state index contributed by atoms with van der Waals surface area (Å²) in [5, 5.41) is 15.0. The molecule has 0 spiro atoms. The standard InChI is InChI=1S/C15H17ClN4.ClH/c16-15-9-12(10-18-20-15)11-1-3-13(4-2-11)19-14-5-7-17-8-6-14;/h1-4,9-10,14,17,19H,5-8H2;1H. The second-order valence-corrected chi connectivity index (χ2v) is 5.40. The third kappa shape index (κ3) is 4.30. The number of halogens is 2. The van der Waals surface area contributed by atoms with Gasteiger partial charge in [-0.2, -0.15) is 5.10 Å². The van der Waals surface area contributed by atoms with E-state index in [1.807, 2.05) is 6.07 Å². The molecular formula is C15H18Cl2N4. The Morgan fingerprint density at radius 2 is 1.81 bits per heavy atom. The first kappa shape index (κ1) is 16.0. The normalized spacial score (nSPS) is 15.3. The van der Waals surface area contributed by atoms with Gasteiger partial charge in [-0.1, -0.05) is 23.7 Å². The van der Waals surface area contributed by atoms with Crippen molar-refractivity contribution in [3.8, 4) is 11.1 Å². The van der Waals surface area contributed by atoms with Crippen molar-refractivity contribution >= 4 is 29.7 Å². The average Bonchev–Trinajstić information content (AvgIpc) is 2.49. The van der Waals surface area contributed by atoms with Gasteiger partial charge in [0.1, 0.15) is 0 Å². The second kappa shape index (κ2) is 7.59. The molecule has 112 valence electrons. The van der Waals surface area contributed by atoms with Crippen molar-refractivity contribution in [2.24, 2.45) is 0 Å². The minimum atomic E-state index is 0. The third-order valence-electron chi connectivity index (χ3n) is 3.55. The molecule has 2 aromatic rings. The first-order valence-corrected chi connectivity index (χ1v) is 7.25. The number of hydrogen-bond acceptors (Lipinski definition) is 4. The van der Waals surface area contributed by atoms with Gasteiger partial charge < -0.3 is 10.6 Å². The molecule has 0 atom stereocenters. The lowest BCUT2D eigenvalue weighted by molar-refractivity contribution is 0.479. The van der Waals surface area contributed by atoms with Crippen molar-refractivity contribution in [1.29, 1.82) is 0 Å². The Labute approximate surface area is 135 Å². The average molecular weight is 325 g/mol. The predicted octanol–water partition coefficient (Wildman–Crippen LogP) is 3.38. The maximum absolute atomic E-state index is 5.86. The zero-order valence-corrected chi connectivity index (χ0v) is 13.1. The number of piperidine rings is 1. The second-order valence-electron chi connectivity index (χ2n) is 5.01. The summed E-state index contributed by atoms with van der Waals surface area (Å²) < 4.78 is 0. The number of hydrogen-bond donors (Lipinski definition) is 2. The van der Waals surface area contributed by atoms with Crippen molar-refractivity contribution in [3.05, 3.63) is 41.7 Å². The minimum absolute atomic E-state index is 0. The smallest absolute Gasteiger partial charge is 0.152 e. The van der Waals surface area contributed by atoms with Crippen LogP contribution in [0.15, 0.2) is 36.5 Å². The van der Waals surface area contributed by atoms with Crippen LogP contribution in [0.25, 0.3) is 11.1 Å². The summed E-state index contributed by atoms with van der Waals surface area (Å²) in [6, 6.07) is 10.8. The Hall–Kier alpha value is -1.36. The molecular weight excluding hydrogens is 307 g/mol. The van der Waals surface area contributed by atoms with Crippen LogP contribution in [0.4, 0.5) is 5.69 Å². The lowest BCUT2D eigenvalue weighted by Gasteiger charge is -2.24. The van der Waals surface area contributed by atoms with Gasteiger partial charge in [-0.25, -0.2) is 0 Å². The molecule has 1 saturated heterocycles. The van der Waals surface area contributed by atoms with Gasteiger partial charge in [0.2, 0.25) is 0 Å². The zero-order chi connectivity index (χ0) is 13.8. The third-order valence-corrected chi connectivity index (χ3v) is 3.74. The van der Waals surface area contributed by atoms with E-state index in [0.717, 1.165) is 29.9 Å². The Kier molecular flexibility index (Phi) is 5.79. The lowest BCUT2D eigenvalue weighted by atomic mass is 10.1. The molecule has 0 saturated carbocycles. The van der Waals surface area contributed by atoms with Gasteiger partial charge >= 0.3 is 0 Å².